The zero-order valence-electron chi connectivity index (χ0n) is 9.52. The summed E-state index contributed by atoms with van der Waals surface area (Å²) in [5, 5.41) is 3.94. The molecule has 95 valence electrons. The second-order valence-corrected chi connectivity index (χ2v) is 3.99. The summed E-state index contributed by atoms with van der Waals surface area (Å²) in [6.45, 7) is 0. The fourth-order valence-corrected chi connectivity index (χ4v) is 1.99. The van der Waals surface area contributed by atoms with Crippen molar-refractivity contribution in [3.8, 4) is 0 Å². The highest BCUT2D eigenvalue weighted by Gasteiger charge is 2.41. The lowest BCUT2D eigenvalue weighted by molar-refractivity contribution is -0.0572. The van der Waals surface area contributed by atoms with Crippen LogP contribution in [0.15, 0.2) is 47.8 Å². The maximum absolute atomic E-state index is 12.8. The molecule has 2 heterocycles. The van der Waals surface area contributed by atoms with Crippen LogP contribution in [0.5, 0.6) is 0 Å². The number of allylic oxidation sites excluding steroid dienone is 1. The summed E-state index contributed by atoms with van der Waals surface area (Å²) in [6, 6.07) is 8.60. The lowest BCUT2D eigenvalue weighted by Gasteiger charge is -2.10. The molecule has 1 aromatic heterocycles. The van der Waals surface area contributed by atoms with Crippen LogP contribution in [-0.4, -0.2) is 16.9 Å². The fourth-order valence-electron chi connectivity index (χ4n) is 1.99. The summed E-state index contributed by atoms with van der Waals surface area (Å²) >= 11 is 0. The number of fused-ring (bicyclic) bond motifs is 1. The first-order valence-corrected chi connectivity index (χ1v) is 5.47. The topological polar surface area (TPSA) is 39.4 Å². The molecule has 1 aliphatic heterocycles. The van der Waals surface area contributed by atoms with Crippen molar-refractivity contribution in [2.24, 2.45) is 5.10 Å². The standard InChI is InChI=1S/C13H7F3N3/c14-13(15,16)12-10(7-18-19-12)9-5-1-3-8-4-2-6-17-11(8)9/h1-7H. The number of nitrogens with zero attached hydrogens (tertiary/aromatic N) is 3. The number of hydrogen-bond donors (Lipinski definition) is 0. The Morgan fingerprint density at radius 3 is 2.58 bits per heavy atom. The monoisotopic (exact) mass is 262 g/mol. The van der Waals surface area contributed by atoms with Gasteiger partial charge in [0.2, 0.25) is 0 Å². The molecular formula is C13H7F3N3. The number of para-hydroxylation sites is 1. The largest absolute Gasteiger partial charge is 0.435 e. The van der Waals surface area contributed by atoms with Crippen LogP contribution >= 0.6 is 0 Å². The third-order valence-electron chi connectivity index (χ3n) is 2.79. The quantitative estimate of drug-likeness (QED) is 0.778. The van der Waals surface area contributed by atoms with E-state index in [2.05, 4.69) is 15.5 Å². The van der Waals surface area contributed by atoms with Gasteiger partial charge in [-0.25, -0.2) is 0 Å². The highest BCUT2D eigenvalue weighted by Crippen LogP contribution is 2.33. The molecule has 0 spiro atoms. The first-order valence-electron chi connectivity index (χ1n) is 5.47. The Morgan fingerprint density at radius 1 is 1.00 bits per heavy atom. The Hall–Kier alpha value is -2.37. The van der Waals surface area contributed by atoms with Gasteiger partial charge >= 0.3 is 6.18 Å². The van der Waals surface area contributed by atoms with Crippen LogP contribution in [0.1, 0.15) is 5.56 Å². The molecule has 3 rings (SSSR count). The lowest BCUT2D eigenvalue weighted by Crippen LogP contribution is -2.23. The van der Waals surface area contributed by atoms with E-state index in [0.717, 1.165) is 11.6 Å². The van der Waals surface area contributed by atoms with Crippen molar-refractivity contribution in [3.63, 3.8) is 0 Å². The molecule has 0 atom stereocenters. The molecule has 1 radical (unpaired) electrons. The van der Waals surface area contributed by atoms with E-state index < -0.39 is 11.9 Å². The highest BCUT2D eigenvalue weighted by molar-refractivity contribution is 6.29. The number of rotatable bonds is 1. The van der Waals surface area contributed by atoms with E-state index in [4.69, 9.17) is 0 Å². The fraction of sp³-hybridized carbons (Fsp3) is 0.0769. The molecule has 0 aliphatic carbocycles. The van der Waals surface area contributed by atoms with E-state index in [1.54, 1.807) is 36.5 Å². The molecule has 0 saturated carbocycles. The summed E-state index contributed by atoms with van der Waals surface area (Å²) in [5.41, 5.74) is 3.24. The van der Waals surface area contributed by atoms with Gasteiger partial charge in [0.25, 0.3) is 0 Å². The van der Waals surface area contributed by atoms with Crippen LogP contribution < -0.4 is 5.43 Å². The predicted molar refractivity (Wildman–Crippen MR) is 65.3 cm³/mol. The summed E-state index contributed by atoms with van der Waals surface area (Å²) in [5.74, 6) is 0. The van der Waals surface area contributed by atoms with Gasteiger partial charge in [0.15, 0.2) is 5.71 Å². The summed E-state index contributed by atoms with van der Waals surface area (Å²) in [6.07, 6.45) is -1.86. The van der Waals surface area contributed by atoms with E-state index in [1.165, 1.54) is 0 Å². The van der Waals surface area contributed by atoms with Gasteiger partial charge in [0.1, 0.15) is 0 Å². The highest BCUT2D eigenvalue weighted by atomic mass is 19.4. The molecular weight excluding hydrogens is 255 g/mol. The number of benzene rings is 1. The minimum atomic E-state index is -4.53. The van der Waals surface area contributed by atoms with Gasteiger partial charge in [-0.15, -0.1) is 5.10 Å². The average Bonchev–Trinajstić information content (AvgIpc) is 2.87. The third-order valence-corrected chi connectivity index (χ3v) is 2.79. The van der Waals surface area contributed by atoms with Crippen LogP contribution in [-0.2, 0) is 0 Å². The summed E-state index contributed by atoms with van der Waals surface area (Å²) < 4.78 is 38.5. The first-order chi connectivity index (χ1) is 9.07. The van der Waals surface area contributed by atoms with Crippen LogP contribution in [0.2, 0.25) is 0 Å². The second kappa shape index (κ2) is 4.08. The molecule has 1 aliphatic rings. The molecule has 0 N–H and O–H groups in total. The Morgan fingerprint density at radius 2 is 1.79 bits per heavy atom. The smallest absolute Gasteiger partial charge is 0.256 e. The first kappa shape index (κ1) is 11.7. The van der Waals surface area contributed by atoms with Crippen LogP contribution in [0.25, 0.3) is 16.5 Å². The van der Waals surface area contributed by atoms with E-state index in [1.807, 2.05) is 0 Å². The Labute approximate surface area is 106 Å². The SMILES string of the molecule is FC(F)(F)C1=N[N]C=C1c1cccc2cccnc12. The van der Waals surface area contributed by atoms with E-state index in [9.17, 15) is 13.2 Å². The minimum Gasteiger partial charge on any atom is -0.256 e. The van der Waals surface area contributed by atoms with Gasteiger partial charge in [-0.1, -0.05) is 24.3 Å². The number of hydrogen-bond acceptors (Lipinski definition) is 2. The Balaban J connectivity index is 2.19. The lowest BCUT2D eigenvalue weighted by atomic mass is 9.99. The van der Waals surface area contributed by atoms with Crippen LogP contribution in [0.4, 0.5) is 13.2 Å². The zero-order chi connectivity index (χ0) is 13.5. The van der Waals surface area contributed by atoms with Crippen LogP contribution in [0, 0.1) is 0 Å². The maximum atomic E-state index is 12.8. The average molecular weight is 262 g/mol. The van der Waals surface area contributed by atoms with Crippen LogP contribution in [0.3, 0.4) is 0 Å². The molecule has 0 unspecified atom stereocenters. The second-order valence-electron chi connectivity index (χ2n) is 3.99. The van der Waals surface area contributed by atoms with E-state index >= 15 is 0 Å². The zero-order valence-corrected chi connectivity index (χ0v) is 9.52. The summed E-state index contributed by atoms with van der Waals surface area (Å²) in [7, 11) is 0. The predicted octanol–water partition coefficient (Wildman–Crippen LogP) is 3.11. The van der Waals surface area contributed by atoms with Gasteiger partial charge < -0.3 is 0 Å². The Kier molecular flexibility index (Phi) is 2.51. The number of aromatic nitrogens is 1. The number of halogens is 3. The summed E-state index contributed by atoms with van der Waals surface area (Å²) in [4.78, 5) is 4.14. The Bertz CT molecular complexity index is 696. The molecule has 0 fully saturated rings. The van der Waals surface area contributed by atoms with Crippen molar-refractivity contribution in [2.75, 3.05) is 0 Å². The molecule has 0 amide bonds. The van der Waals surface area contributed by atoms with Crippen molar-refractivity contribution in [1.82, 2.24) is 10.4 Å². The van der Waals surface area contributed by atoms with E-state index in [0.29, 0.717) is 11.1 Å². The third kappa shape index (κ3) is 1.95. The molecule has 0 saturated heterocycles. The van der Waals surface area contributed by atoms with Crippen molar-refractivity contribution in [3.05, 3.63) is 48.3 Å². The van der Waals surface area contributed by atoms with Gasteiger partial charge in [-0.05, 0) is 6.07 Å². The van der Waals surface area contributed by atoms with Gasteiger partial charge in [-0.3, -0.25) is 4.98 Å². The van der Waals surface area contributed by atoms with Crippen molar-refractivity contribution < 1.29 is 13.2 Å². The number of pyridine rings is 1. The van der Waals surface area contributed by atoms with Crippen molar-refractivity contribution in [1.29, 1.82) is 0 Å². The van der Waals surface area contributed by atoms with Gasteiger partial charge in [-0.2, -0.15) is 18.6 Å². The number of alkyl halides is 3. The molecule has 0 bridgehead atoms. The minimum absolute atomic E-state index is 0.0446. The van der Waals surface area contributed by atoms with Gasteiger partial charge in [0.05, 0.1) is 11.7 Å². The normalized spacial score (nSPS) is 15.1. The molecule has 3 nitrogen and oxygen atoms in total. The van der Waals surface area contributed by atoms with E-state index in [-0.39, 0.29) is 5.57 Å². The molecule has 1 aromatic carbocycles. The molecule has 2 aromatic rings. The van der Waals surface area contributed by atoms with Gasteiger partial charge in [0, 0.05) is 22.7 Å². The molecule has 6 heteroatoms. The van der Waals surface area contributed by atoms with Crippen molar-refractivity contribution in [2.45, 2.75) is 6.18 Å². The van der Waals surface area contributed by atoms with Crippen molar-refractivity contribution >= 4 is 22.2 Å². The molecule has 19 heavy (non-hydrogen) atoms. The maximum Gasteiger partial charge on any atom is 0.435 e.